The van der Waals surface area contributed by atoms with Gasteiger partial charge in [-0.15, -0.1) is 0 Å². The maximum atomic E-state index is 12.8. The molecule has 0 saturated heterocycles. The van der Waals surface area contributed by atoms with Crippen LogP contribution in [0.5, 0.6) is 11.5 Å². The molecule has 4 rings (SSSR count). The van der Waals surface area contributed by atoms with Crippen LogP contribution >= 0.6 is 0 Å². The number of hydrogen-bond acceptors (Lipinski definition) is 5. The minimum Gasteiger partial charge on any atom is -0.507 e. The Balaban J connectivity index is 0.000000579. The van der Waals surface area contributed by atoms with Crippen molar-refractivity contribution in [2.24, 2.45) is 0 Å². The third-order valence-corrected chi connectivity index (χ3v) is 4.85. The second-order valence-electron chi connectivity index (χ2n) is 6.84. The van der Waals surface area contributed by atoms with Crippen LogP contribution < -0.4 is 0 Å². The van der Waals surface area contributed by atoms with Crippen molar-refractivity contribution in [3.63, 3.8) is 0 Å². The SMILES string of the molecule is C=O.CC.CCC.O=C1C2=CC=CCC=C2C(=O)c2c(O)c3c(c(O)c21)CCCC3. The predicted octanol–water partition coefficient (Wildman–Crippen LogP) is 5.43. The van der Waals surface area contributed by atoms with E-state index in [-0.39, 0.29) is 28.4 Å². The summed E-state index contributed by atoms with van der Waals surface area (Å²) >= 11 is 0. The van der Waals surface area contributed by atoms with Crippen LogP contribution in [0.3, 0.4) is 0 Å². The lowest BCUT2D eigenvalue weighted by molar-refractivity contribution is -0.0980. The lowest BCUT2D eigenvalue weighted by atomic mass is 9.76. The summed E-state index contributed by atoms with van der Waals surface area (Å²) < 4.78 is 0. The molecular formula is C25H32O5. The van der Waals surface area contributed by atoms with Crippen LogP contribution in [0.1, 0.15) is 85.2 Å². The first kappa shape index (κ1) is 25.1. The van der Waals surface area contributed by atoms with Gasteiger partial charge in [-0.05, 0) is 32.1 Å². The molecule has 0 radical (unpaired) electrons. The summed E-state index contributed by atoms with van der Waals surface area (Å²) in [6, 6.07) is 0. The first-order valence-corrected chi connectivity index (χ1v) is 10.6. The Morgan fingerprint density at radius 1 is 0.867 bits per heavy atom. The fourth-order valence-corrected chi connectivity index (χ4v) is 3.72. The largest absolute Gasteiger partial charge is 0.507 e. The molecule has 0 bridgehead atoms. The molecule has 1 aromatic rings. The number of hydrogen-bond donors (Lipinski definition) is 2. The van der Waals surface area contributed by atoms with Crippen LogP contribution in [-0.4, -0.2) is 28.6 Å². The molecule has 0 saturated carbocycles. The minimum absolute atomic E-state index is 0.0292. The maximum absolute atomic E-state index is 12.8. The molecule has 0 aliphatic heterocycles. The molecule has 0 amide bonds. The first-order valence-electron chi connectivity index (χ1n) is 10.6. The zero-order valence-electron chi connectivity index (χ0n) is 18.4. The number of aromatic hydroxyl groups is 2. The van der Waals surface area contributed by atoms with Gasteiger partial charge in [0, 0.05) is 22.3 Å². The highest BCUT2D eigenvalue weighted by Gasteiger charge is 2.39. The highest BCUT2D eigenvalue weighted by molar-refractivity contribution is 6.33. The number of phenols is 2. The van der Waals surface area contributed by atoms with Crippen molar-refractivity contribution in [1.82, 2.24) is 0 Å². The smallest absolute Gasteiger partial charge is 0.198 e. The third-order valence-electron chi connectivity index (χ3n) is 4.85. The summed E-state index contributed by atoms with van der Waals surface area (Å²) in [5, 5.41) is 21.2. The van der Waals surface area contributed by atoms with Gasteiger partial charge in [0.1, 0.15) is 18.3 Å². The fraction of sp³-hybridized carbons (Fsp3) is 0.400. The van der Waals surface area contributed by atoms with Gasteiger partial charge in [-0.3, -0.25) is 9.59 Å². The van der Waals surface area contributed by atoms with E-state index in [1.54, 1.807) is 18.2 Å². The Hall–Kier alpha value is -2.95. The van der Waals surface area contributed by atoms with E-state index >= 15 is 0 Å². The summed E-state index contributed by atoms with van der Waals surface area (Å²) in [5.41, 5.74) is 1.78. The monoisotopic (exact) mass is 412 g/mol. The van der Waals surface area contributed by atoms with Gasteiger partial charge in [0.15, 0.2) is 11.6 Å². The number of benzene rings is 1. The number of carbonyl (C=O) groups excluding carboxylic acids is 3. The Bertz CT molecular complexity index is 888. The van der Waals surface area contributed by atoms with Gasteiger partial charge < -0.3 is 15.0 Å². The average Bonchev–Trinajstić information content (AvgIpc) is 3.05. The van der Waals surface area contributed by atoms with Crippen LogP contribution in [-0.2, 0) is 17.6 Å². The Morgan fingerprint density at radius 2 is 1.30 bits per heavy atom. The standard InChI is InChI=1S/C19H16O4.C3H8.C2H6.CH2O/c20-16-10-6-2-1-3-7-11(10)17(21)15-14(16)18(22)12-8-4-5-9-13(12)19(15)23;1-3-2;2*1-2/h1-2,6-7,22-23H,3-5,8-9H2;3H2,1-2H3;1-2H3;1H2. The van der Waals surface area contributed by atoms with Gasteiger partial charge in [0.05, 0.1) is 11.1 Å². The lowest BCUT2D eigenvalue weighted by Crippen LogP contribution is -2.24. The molecule has 0 fully saturated rings. The Labute approximate surface area is 178 Å². The molecule has 162 valence electrons. The van der Waals surface area contributed by atoms with E-state index in [0.717, 1.165) is 12.8 Å². The molecule has 5 nitrogen and oxygen atoms in total. The molecule has 3 aliphatic carbocycles. The van der Waals surface area contributed by atoms with Crippen molar-refractivity contribution in [3.8, 4) is 11.5 Å². The molecule has 1 aromatic carbocycles. The molecule has 0 spiro atoms. The number of ketones is 2. The van der Waals surface area contributed by atoms with Gasteiger partial charge in [-0.2, -0.15) is 0 Å². The van der Waals surface area contributed by atoms with E-state index in [4.69, 9.17) is 4.79 Å². The first-order chi connectivity index (χ1) is 14.5. The number of Topliss-reactive ketones (excluding diaryl/α,β-unsaturated/α-hetero) is 2. The van der Waals surface area contributed by atoms with Crippen molar-refractivity contribution < 1.29 is 24.6 Å². The van der Waals surface area contributed by atoms with Gasteiger partial charge in [0.2, 0.25) is 0 Å². The van der Waals surface area contributed by atoms with Crippen LogP contribution in [0, 0.1) is 0 Å². The average molecular weight is 413 g/mol. The van der Waals surface area contributed by atoms with E-state index in [1.165, 1.54) is 6.42 Å². The summed E-state index contributed by atoms with van der Waals surface area (Å²) in [5.74, 6) is -1.02. The van der Waals surface area contributed by atoms with Crippen molar-refractivity contribution in [2.75, 3.05) is 0 Å². The van der Waals surface area contributed by atoms with Crippen molar-refractivity contribution in [3.05, 3.63) is 57.7 Å². The summed E-state index contributed by atoms with van der Waals surface area (Å²) in [6.07, 6.45) is 11.8. The van der Waals surface area contributed by atoms with Crippen LogP contribution in [0.4, 0.5) is 0 Å². The number of allylic oxidation sites excluding steroid dienone is 6. The van der Waals surface area contributed by atoms with Gasteiger partial charge in [-0.25, -0.2) is 0 Å². The summed E-state index contributed by atoms with van der Waals surface area (Å²) in [7, 11) is 0. The van der Waals surface area contributed by atoms with E-state index in [9.17, 15) is 19.8 Å². The molecule has 30 heavy (non-hydrogen) atoms. The molecular weight excluding hydrogens is 380 g/mol. The fourth-order valence-electron chi connectivity index (χ4n) is 3.72. The second-order valence-corrected chi connectivity index (χ2v) is 6.84. The topological polar surface area (TPSA) is 91.7 Å². The number of rotatable bonds is 0. The van der Waals surface area contributed by atoms with E-state index in [0.29, 0.717) is 41.5 Å². The minimum atomic E-state index is -0.390. The molecule has 0 heterocycles. The molecule has 0 unspecified atom stereocenters. The van der Waals surface area contributed by atoms with Gasteiger partial charge in [0.25, 0.3) is 0 Å². The Morgan fingerprint density at radius 3 is 1.77 bits per heavy atom. The lowest BCUT2D eigenvalue weighted by Gasteiger charge is -2.26. The number of phenolic OH excluding ortho intramolecular Hbond substituents is 2. The van der Waals surface area contributed by atoms with Gasteiger partial charge >= 0.3 is 0 Å². The van der Waals surface area contributed by atoms with E-state index in [2.05, 4.69) is 13.8 Å². The summed E-state index contributed by atoms with van der Waals surface area (Å²) in [4.78, 5) is 33.7. The predicted molar refractivity (Wildman–Crippen MR) is 119 cm³/mol. The molecule has 3 aliphatic rings. The van der Waals surface area contributed by atoms with Gasteiger partial charge in [-0.1, -0.05) is 58.4 Å². The van der Waals surface area contributed by atoms with Crippen molar-refractivity contribution >= 4 is 18.4 Å². The van der Waals surface area contributed by atoms with Crippen LogP contribution in [0.15, 0.2) is 35.5 Å². The molecule has 2 N–H and O–H groups in total. The molecule has 5 heteroatoms. The Kier molecular flexibility index (Phi) is 9.96. The van der Waals surface area contributed by atoms with E-state index in [1.807, 2.05) is 26.7 Å². The quantitative estimate of drug-likeness (QED) is 0.555. The zero-order valence-corrected chi connectivity index (χ0v) is 18.4. The number of fused-ring (bicyclic) bond motifs is 3. The van der Waals surface area contributed by atoms with Crippen LogP contribution in [0.2, 0.25) is 0 Å². The van der Waals surface area contributed by atoms with E-state index < -0.39 is 5.78 Å². The highest BCUT2D eigenvalue weighted by Crippen LogP contribution is 2.46. The summed E-state index contributed by atoms with van der Waals surface area (Å²) in [6.45, 7) is 10.2. The second kappa shape index (κ2) is 11.9. The number of carbonyl (C=O) groups is 3. The van der Waals surface area contributed by atoms with Crippen molar-refractivity contribution in [2.45, 2.75) is 66.2 Å². The third kappa shape index (κ3) is 4.61. The maximum Gasteiger partial charge on any atom is 0.198 e. The normalized spacial score (nSPS) is 15.7. The highest BCUT2D eigenvalue weighted by atomic mass is 16.3. The molecule has 0 atom stereocenters. The van der Waals surface area contributed by atoms with Crippen molar-refractivity contribution in [1.29, 1.82) is 0 Å². The molecule has 0 aromatic heterocycles. The zero-order chi connectivity index (χ0) is 22.8. The van der Waals surface area contributed by atoms with Crippen LogP contribution in [0.25, 0.3) is 0 Å².